The number of hydrogen-bond donors (Lipinski definition) is 3. The molecule has 0 aliphatic rings. The monoisotopic (exact) mass is 415 g/mol. The Morgan fingerprint density at radius 2 is 1.97 bits per heavy atom. The fourth-order valence-electron chi connectivity index (χ4n) is 3.52. The quantitative estimate of drug-likeness (QED) is 0.408. The molecule has 0 aliphatic carbocycles. The van der Waals surface area contributed by atoms with Gasteiger partial charge in [-0.15, -0.1) is 0 Å². The summed E-state index contributed by atoms with van der Waals surface area (Å²) in [6.07, 6.45) is 3.66. The van der Waals surface area contributed by atoms with Crippen LogP contribution in [-0.2, 0) is 6.54 Å². The Morgan fingerprint density at radius 3 is 2.74 bits per heavy atom. The number of nitrogens with two attached hydrogens (primary N) is 1. The lowest BCUT2D eigenvalue weighted by molar-refractivity contribution is 0.0952. The average molecular weight is 415 g/mol. The van der Waals surface area contributed by atoms with Gasteiger partial charge < -0.3 is 11.1 Å². The number of aromatic nitrogens is 5. The van der Waals surface area contributed by atoms with Crippen LogP contribution in [0.5, 0.6) is 0 Å². The van der Waals surface area contributed by atoms with Gasteiger partial charge in [-0.1, -0.05) is 12.1 Å². The summed E-state index contributed by atoms with van der Waals surface area (Å²) in [5, 5.41) is 16.2. The lowest BCUT2D eigenvalue weighted by Gasteiger charge is -2.05. The second-order valence-corrected chi connectivity index (χ2v) is 7.11. The number of H-pyrrole nitrogens is 1. The summed E-state index contributed by atoms with van der Waals surface area (Å²) < 4.78 is 14.7. The fourth-order valence-corrected chi connectivity index (χ4v) is 3.52. The number of aromatic amines is 1. The standard InChI is InChI=1S/C22H18FN7O/c23-15-4-1-13(2-5-15)22(31)25-9-10-30-12-17-16-6-3-14(18-7-8-26-28-18)11-19(16)27-21(24)20(17)29-30/h1-8,11-12H,9-10H2,(H2,24,27)(H,25,31)(H,26,28). The molecule has 9 heteroatoms. The fraction of sp³-hybridized carbons (Fsp3) is 0.0909. The number of carbonyl (C=O) groups excluding carboxylic acids is 1. The zero-order valence-electron chi connectivity index (χ0n) is 16.3. The van der Waals surface area contributed by atoms with Crippen molar-refractivity contribution in [3.05, 3.63) is 72.3 Å². The molecule has 0 aliphatic heterocycles. The van der Waals surface area contributed by atoms with E-state index in [-0.39, 0.29) is 11.7 Å². The summed E-state index contributed by atoms with van der Waals surface area (Å²) in [6, 6.07) is 13.2. The maximum absolute atomic E-state index is 13.0. The molecule has 5 aromatic rings. The highest BCUT2D eigenvalue weighted by Crippen LogP contribution is 2.29. The first kappa shape index (κ1) is 18.7. The Kier molecular flexibility index (Phi) is 4.55. The van der Waals surface area contributed by atoms with Crippen LogP contribution in [0.15, 0.2) is 60.9 Å². The number of rotatable bonds is 5. The Morgan fingerprint density at radius 1 is 1.13 bits per heavy atom. The van der Waals surface area contributed by atoms with Crippen LogP contribution in [0, 0.1) is 5.82 Å². The van der Waals surface area contributed by atoms with E-state index >= 15 is 0 Å². The number of nitrogens with one attached hydrogen (secondary N) is 2. The van der Waals surface area contributed by atoms with E-state index in [2.05, 4.69) is 25.6 Å². The first-order chi connectivity index (χ1) is 15.1. The molecule has 5 rings (SSSR count). The minimum atomic E-state index is -0.380. The van der Waals surface area contributed by atoms with E-state index in [4.69, 9.17) is 5.73 Å². The molecule has 0 saturated carbocycles. The molecule has 0 fully saturated rings. The first-order valence-electron chi connectivity index (χ1n) is 9.69. The van der Waals surface area contributed by atoms with E-state index in [9.17, 15) is 9.18 Å². The Bertz CT molecular complexity index is 1390. The van der Waals surface area contributed by atoms with Gasteiger partial charge in [-0.2, -0.15) is 10.2 Å². The number of pyridine rings is 1. The molecule has 8 nitrogen and oxygen atoms in total. The highest BCUT2D eigenvalue weighted by Gasteiger charge is 2.13. The molecule has 0 bridgehead atoms. The van der Waals surface area contributed by atoms with Crippen LogP contribution in [-0.4, -0.2) is 37.4 Å². The topological polar surface area (TPSA) is 115 Å². The highest BCUT2D eigenvalue weighted by molar-refractivity contribution is 6.08. The maximum Gasteiger partial charge on any atom is 0.251 e. The van der Waals surface area contributed by atoms with Gasteiger partial charge in [0.2, 0.25) is 0 Å². The number of fused-ring (bicyclic) bond motifs is 3. The van der Waals surface area contributed by atoms with Crippen molar-refractivity contribution in [2.24, 2.45) is 0 Å². The first-order valence-corrected chi connectivity index (χ1v) is 9.69. The summed E-state index contributed by atoms with van der Waals surface area (Å²) in [7, 11) is 0. The second-order valence-electron chi connectivity index (χ2n) is 7.11. The van der Waals surface area contributed by atoms with E-state index in [1.54, 1.807) is 10.9 Å². The van der Waals surface area contributed by atoms with E-state index in [0.717, 1.165) is 27.5 Å². The molecule has 0 spiro atoms. The van der Waals surface area contributed by atoms with Crippen LogP contribution in [0.3, 0.4) is 0 Å². The predicted molar refractivity (Wildman–Crippen MR) is 116 cm³/mol. The summed E-state index contributed by atoms with van der Waals surface area (Å²) in [5.74, 6) is -0.306. The minimum absolute atomic E-state index is 0.269. The van der Waals surface area contributed by atoms with Gasteiger partial charge in [-0.3, -0.25) is 14.6 Å². The molecule has 0 saturated heterocycles. The number of nitrogen functional groups attached to an aromatic ring is 1. The summed E-state index contributed by atoms with van der Waals surface area (Å²) >= 11 is 0. The van der Waals surface area contributed by atoms with E-state index < -0.39 is 0 Å². The van der Waals surface area contributed by atoms with Crippen LogP contribution < -0.4 is 11.1 Å². The average Bonchev–Trinajstić information content (AvgIpc) is 3.44. The zero-order chi connectivity index (χ0) is 21.4. The Balaban J connectivity index is 1.37. The van der Waals surface area contributed by atoms with Crippen molar-refractivity contribution in [1.29, 1.82) is 0 Å². The molecule has 2 aromatic carbocycles. The van der Waals surface area contributed by atoms with Gasteiger partial charge in [0.1, 0.15) is 11.3 Å². The number of carbonyl (C=O) groups is 1. The van der Waals surface area contributed by atoms with Crippen LogP contribution in [0.2, 0.25) is 0 Å². The van der Waals surface area contributed by atoms with Crippen molar-refractivity contribution in [1.82, 2.24) is 30.3 Å². The second kappa shape index (κ2) is 7.52. The normalized spacial score (nSPS) is 11.3. The molecule has 0 atom stereocenters. The number of hydrogen-bond acceptors (Lipinski definition) is 5. The lowest BCUT2D eigenvalue weighted by Crippen LogP contribution is -2.27. The van der Waals surface area contributed by atoms with Gasteiger partial charge in [0.15, 0.2) is 5.82 Å². The van der Waals surface area contributed by atoms with Crippen molar-refractivity contribution in [3.8, 4) is 11.3 Å². The van der Waals surface area contributed by atoms with E-state index in [0.29, 0.717) is 30.0 Å². The van der Waals surface area contributed by atoms with Gasteiger partial charge in [-0.25, -0.2) is 9.37 Å². The van der Waals surface area contributed by atoms with Gasteiger partial charge in [0.25, 0.3) is 5.91 Å². The summed E-state index contributed by atoms with van der Waals surface area (Å²) in [6.45, 7) is 0.812. The van der Waals surface area contributed by atoms with Crippen LogP contribution >= 0.6 is 0 Å². The number of benzene rings is 2. The van der Waals surface area contributed by atoms with Crippen molar-refractivity contribution < 1.29 is 9.18 Å². The number of nitrogens with zero attached hydrogens (tertiary/aromatic N) is 4. The van der Waals surface area contributed by atoms with Crippen molar-refractivity contribution in [2.75, 3.05) is 12.3 Å². The summed E-state index contributed by atoms with van der Waals surface area (Å²) in [4.78, 5) is 16.7. The van der Waals surface area contributed by atoms with Gasteiger partial charge in [0.05, 0.1) is 17.8 Å². The van der Waals surface area contributed by atoms with Crippen molar-refractivity contribution >= 4 is 33.5 Å². The summed E-state index contributed by atoms with van der Waals surface area (Å²) in [5.41, 5.74) is 9.71. The lowest BCUT2D eigenvalue weighted by atomic mass is 10.1. The SMILES string of the molecule is Nc1nc2cc(-c3cc[nH]n3)ccc2c2cn(CCNC(=O)c3ccc(F)cc3)nc12. The van der Waals surface area contributed by atoms with Crippen LogP contribution in [0.25, 0.3) is 33.1 Å². The molecule has 0 radical (unpaired) electrons. The van der Waals surface area contributed by atoms with Crippen LogP contribution in [0.4, 0.5) is 10.2 Å². The maximum atomic E-state index is 13.0. The number of anilines is 1. The molecule has 154 valence electrons. The van der Waals surface area contributed by atoms with Gasteiger partial charge >= 0.3 is 0 Å². The Hall–Kier alpha value is -4.27. The number of amides is 1. The third-order valence-corrected chi connectivity index (χ3v) is 5.06. The number of halogens is 1. The molecule has 31 heavy (non-hydrogen) atoms. The predicted octanol–water partition coefficient (Wildman–Crippen LogP) is 3.13. The Labute approximate surface area is 175 Å². The molecule has 1 amide bonds. The highest BCUT2D eigenvalue weighted by atomic mass is 19.1. The molecular weight excluding hydrogens is 397 g/mol. The zero-order valence-corrected chi connectivity index (χ0v) is 16.3. The molecule has 3 heterocycles. The molecular formula is C22H18FN7O. The van der Waals surface area contributed by atoms with Gasteiger partial charge in [0, 0.05) is 40.8 Å². The van der Waals surface area contributed by atoms with Crippen molar-refractivity contribution in [2.45, 2.75) is 6.54 Å². The largest absolute Gasteiger partial charge is 0.382 e. The molecule has 3 aromatic heterocycles. The van der Waals surface area contributed by atoms with E-state index in [1.807, 2.05) is 30.5 Å². The third-order valence-electron chi connectivity index (χ3n) is 5.06. The molecule has 0 unspecified atom stereocenters. The molecule has 4 N–H and O–H groups in total. The van der Waals surface area contributed by atoms with E-state index in [1.165, 1.54) is 24.3 Å². The van der Waals surface area contributed by atoms with Crippen LogP contribution in [0.1, 0.15) is 10.4 Å². The van der Waals surface area contributed by atoms with Crippen molar-refractivity contribution in [3.63, 3.8) is 0 Å². The third kappa shape index (κ3) is 3.57. The smallest absolute Gasteiger partial charge is 0.251 e. The van der Waals surface area contributed by atoms with Gasteiger partial charge in [-0.05, 0) is 36.4 Å². The minimum Gasteiger partial charge on any atom is -0.382 e.